The third kappa shape index (κ3) is 7.49. The van der Waals surface area contributed by atoms with Crippen LogP contribution in [0.1, 0.15) is 34.1 Å². The maximum Gasteiger partial charge on any atom is 0.251 e. The summed E-state index contributed by atoms with van der Waals surface area (Å²) in [6.45, 7) is 10.7. The number of piperazine rings is 1. The molecule has 0 aromatic heterocycles. The molecule has 1 aliphatic rings. The van der Waals surface area contributed by atoms with Gasteiger partial charge in [0.1, 0.15) is 0 Å². The van der Waals surface area contributed by atoms with Crippen molar-refractivity contribution in [2.24, 2.45) is 0 Å². The lowest BCUT2D eigenvalue weighted by molar-refractivity contribution is -0.0628. The Morgan fingerprint density at radius 1 is 1.24 bits per heavy atom. The molecule has 1 saturated heterocycles. The molecule has 126 valence electrons. The SMILES string of the molecule is CCC1CN(CC(O)COC(C)(C)C)CCN1CC(F)F. The summed E-state index contributed by atoms with van der Waals surface area (Å²) >= 11 is 0. The molecule has 1 rings (SSSR count). The minimum Gasteiger partial charge on any atom is -0.389 e. The highest BCUT2D eigenvalue weighted by molar-refractivity contribution is 4.83. The minimum absolute atomic E-state index is 0.142. The van der Waals surface area contributed by atoms with E-state index in [9.17, 15) is 13.9 Å². The van der Waals surface area contributed by atoms with Gasteiger partial charge in [-0.1, -0.05) is 6.92 Å². The lowest BCUT2D eigenvalue weighted by Gasteiger charge is -2.41. The largest absolute Gasteiger partial charge is 0.389 e. The molecule has 0 aromatic rings. The smallest absolute Gasteiger partial charge is 0.251 e. The highest BCUT2D eigenvalue weighted by Gasteiger charge is 2.28. The number of β-amino-alcohol motifs (C(OH)–C–C–N with tert-alkyl or cyclic N) is 1. The van der Waals surface area contributed by atoms with Crippen LogP contribution in [-0.2, 0) is 4.74 Å². The average Bonchev–Trinajstić information content (AvgIpc) is 2.37. The van der Waals surface area contributed by atoms with Gasteiger partial charge in [0.15, 0.2) is 0 Å². The van der Waals surface area contributed by atoms with E-state index in [4.69, 9.17) is 4.74 Å². The van der Waals surface area contributed by atoms with Gasteiger partial charge in [-0.25, -0.2) is 8.78 Å². The number of halogens is 2. The first-order chi connectivity index (χ1) is 9.71. The summed E-state index contributed by atoms with van der Waals surface area (Å²) < 4.78 is 30.6. The highest BCUT2D eigenvalue weighted by Crippen LogP contribution is 2.15. The fourth-order valence-corrected chi connectivity index (χ4v) is 2.62. The Morgan fingerprint density at radius 2 is 1.90 bits per heavy atom. The molecule has 6 heteroatoms. The fourth-order valence-electron chi connectivity index (χ4n) is 2.62. The normalized spacial score (nSPS) is 23.7. The van der Waals surface area contributed by atoms with Crippen LogP contribution < -0.4 is 0 Å². The second-order valence-corrected chi connectivity index (χ2v) is 6.78. The van der Waals surface area contributed by atoms with Gasteiger partial charge in [0.05, 0.1) is 24.9 Å². The summed E-state index contributed by atoms with van der Waals surface area (Å²) in [5, 5.41) is 10.0. The van der Waals surface area contributed by atoms with Gasteiger partial charge >= 0.3 is 0 Å². The monoisotopic (exact) mass is 308 g/mol. The lowest BCUT2D eigenvalue weighted by atomic mass is 10.1. The van der Waals surface area contributed by atoms with Gasteiger partial charge in [0, 0.05) is 32.2 Å². The first-order valence-electron chi connectivity index (χ1n) is 7.78. The summed E-state index contributed by atoms with van der Waals surface area (Å²) in [6.07, 6.45) is -1.97. The van der Waals surface area contributed by atoms with Crippen LogP contribution in [0.25, 0.3) is 0 Å². The molecule has 1 N–H and O–H groups in total. The Balaban J connectivity index is 2.38. The van der Waals surface area contributed by atoms with Crippen molar-refractivity contribution >= 4 is 0 Å². The number of aliphatic hydroxyl groups excluding tert-OH is 1. The van der Waals surface area contributed by atoms with Gasteiger partial charge < -0.3 is 9.84 Å². The average molecular weight is 308 g/mol. The first kappa shape index (κ1) is 18.7. The second kappa shape index (κ2) is 8.36. The molecule has 0 bridgehead atoms. The number of aliphatic hydroxyl groups is 1. The topological polar surface area (TPSA) is 35.9 Å². The van der Waals surface area contributed by atoms with Crippen LogP contribution in [0.4, 0.5) is 8.78 Å². The van der Waals surface area contributed by atoms with Gasteiger partial charge in [0.2, 0.25) is 0 Å². The van der Waals surface area contributed by atoms with E-state index in [0.717, 1.165) is 19.5 Å². The fraction of sp³-hybridized carbons (Fsp3) is 1.00. The third-order valence-corrected chi connectivity index (χ3v) is 3.71. The molecule has 21 heavy (non-hydrogen) atoms. The van der Waals surface area contributed by atoms with Crippen molar-refractivity contribution in [1.29, 1.82) is 0 Å². The van der Waals surface area contributed by atoms with Crippen molar-refractivity contribution in [3.63, 3.8) is 0 Å². The van der Waals surface area contributed by atoms with Gasteiger partial charge in [-0.2, -0.15) is 0 Å². The number of hydrogen-bond donors (Lipinski definition) is 1. The van der Waals surface area contributed by atoms with E-state index in [-0.39, 0.29) is 18.2 Å². The third-order valence-electron chi connectivity index (χ3n) is 3.71. The molecule has 1 fully saturated rings. The van der Waals surface area contributed by atoms with Gasteiger partial charge in [-0.05, 0) is 27.2 Å². The molecule has 0 aliphatic carbocycles. The summed E-state index contributed by atoms with van der Waals surface area (Å²) in [5.74, 6) is 0. The van der Waals surface area contributed by atoms with E-state index < -0.39 is 12.5 Å². The van der Waals surface area contributed by atoms with E-state index in [1.54, 1.807) is 0 Å². The summed E-state index contributed by atoms with van der Waals surface area (Å²) in [5.41, 5.74) is -0.261. The summed E-state index contributed by atoms with van der Waals surface area (Å²) in [7, 11) is 0. The molecule has 2 atom stereocenters. The predicted molar refractivity (Wildman–Crippen MR) is 79.8 cm³/mol. The van der Waals surface area contributed by atoms with E-state index >= 15 is 0 Å². The van der Waals surface area contributed by atoms with E-state index in [1.807, 2.05) is 32.6 Å². The van der Waals surface area contributed by atoms with Gasteiger partial charge in [0.25, 0.3) is 6.43 Å². The molecular formula is C15H30F2N2O2. The van der Waals surface area contributed by atoms with Crippen LogP contribution in [0.2, 0.25) is 0 Å². The zero-order valence-corrected chi connectivity index (χ0v) is 13.7. The molecule has 2 unspecified atom stereocenters. The molecule has 1 heterocycles. The zero-order valence-electron chi connectivity index (χ0n) is 13.7. The van der Waals surface area contributed by atoms with E-state index in [2.05, 4.69) is 4.90 Å². The lowest BCUT2D eigenvalue weighted by Crippen LogP contribution is -2.55. The Kier molecular flexibility index (Phi) is 7.47. The molecule has 0 aromatic carbocycles. The quantitative estimate of drug-likeness (QED) is 0.778. The molecular weight excluding hydrogens is 278 g/mol. The van der Waals surface area contributed by atoms with Crippen LogP contribution in [0.3, 0.4) is 0 Å². The Hall–Kier alpha value is -0.300. The van der Waals surface area contributed by atoms with E-state index in [1.165, 1.54) is 0 Å². The Morgan fingerprint density at radius 3 is 2.43 bits per heavy atom. The van der Waals surface area contributed by atoms with Crippen molar-refractivity contribution in [3.8, 4) is 0 Å². The zero-order chi connectivity index (χ0) is 16.0. The van der Waals surface area contributed by atoms with Crippen LogP contribution in [-0.4, -0.2) is 78.4 Å². The van der Waals surface area contributed by atoms with Crippen LogP contribution in [0, 0.1) is 0 Å². The summed E-state index contributed by atoms with van der Waals surface area (Å²) in [6, 6.07) is 0.142. The number of rotatable bonds is 7. The predicted octanol–water partition coefficient (Wildman–Crippen LogP) is 1.82. The maximum atomic E-state index is 12.5. The minimum atomic E-state index is -2.28. The van der Waals surface area contributed by atoms with Crippen molar-refractivity contribution in [2.75, 3.05) is 39.3 Å². The van der Waals surface area contributed by atoms with Gasteiger partial charge in [-0.3, -0.25) is 9.80 Å². The first-order valence-corrected chi connectivity index (χ1v) is 7.78. The highest BCUT2D eigenvalue weighted by atomic mass is 19.3. The van der Waals surface area contributed by atoms with Gasteiger partial charge in [-0.15, -0.1) is 0 Å². The molecule has 0 spiro atoms. The van der Waals surface area contributed by atoms with Crippen LogP contribution >= 0.6 is 0 Å². The molecule has 4 nitrogen and oxygen atoms in total. The van der Waals surface area contributed by atoms with E-state index in [0.29, 0.717) is 19.7 Å². The van der Waals surface area contributed by atoms with Crippen molar-refractivity contribution < 1.29 is 18.6 Å². The maximum absolute atomic E-state index is 12.5. The Labute approximate surface area is 127 Å². The van der Waals surface area contributed by atoms with Crippen molar-refractivity contribution in [3.05, 3.63) is 0 Å². The van der Waals surface area contributed by atoms with Crippen molar-refractivity contribution in [1.82, 2.24) is 9.80 Å². The number of ether oxygens (including phenoxy) is 1. The summed E-state index contributed by atoms with van der Waals surface area (Å²) in [4.78, 5) is 4.01. The van der Waals surface area contributed by atoms with Crippen LogP contribution in [0.5, 0.6) is 0 Å². The van der Waals surface area contributed by atoms with Crippen LogP contribution in [0.15, 0.2) is 0 Å². The number of hydrogen-bond acceptors (Lipinski definition) is 4. The Bertz CT molecular complexity index is 298. The van der Waals surface area contributed by atoms with Crippen molar-refractivity contribution in [2.45, 2.75) is 58.3 Å². The molecule has 1 aliphatic heterocycles. The second-order valence-electron chi connectivity index (χ2n) is 6.78. The molecule has 0 amide bonds. The standard InChI is InChI=1S/C15H30F2N2O2/c1-5-12-8-18(6-7-19(12)10-14(16)17)9-13(20)11-21-15(2,3)4/h12-14,20H,5-11H2,1-4H3. The molecule has 0 radical (unpaired) electrons. The number of alkyl halides is 2. The number of nitrogens with zero attached hydrogens (tertiary/aromatic N) is 2. The molecule has 0 saturated carbocycles.